The van der Waals surface area contributed by atoms with E-state index in [-0.39, 0.29) is 60.9 Å². The molecule has 0 bridgehead atoms. The summed E-state index contributed by atoms with van der Waals surface area (Å²) in [5.74, 6) is 0.771. The van der Waals surface area contributed by atoms with E-state index in [2.05, 4.69) is 90.8 Å². The summed E-state index contributed by atoms with van der Waals surface area (Å²) in [6.07, 6.45) is 5.48. The zero-order valence-electron chi connectivity index (χ0n) is 47.6. The number of fused-ring (bicyclic) bond motifs is 8. The van der Waals surface area contributed by atoms with Gasteiger partial charge in [0.1, 0.15) is 11.4 Å². The maximum absolute atomic E-state index is 9.18. The van der Waals surface area contributed by atoms with Crippen LogP contribution in [0.1, 0.15) is 38.7 Å². The van der Waals surface area contributed by atoms with E-state index in [0.717, 1.165) is 60.7 Å². The Hall–Kier alpha value is -8.31. The molecule has 9 aromatic carbocycles. The third kappa shape index (κ3) is 7.46. The van der Waals surface area contributed by atoms with E-state index in [1.807, 2.05) is 102 Å². The van der Waals surface area contributed by atoms with Crippen molar-refractivity contribution >= 4 is 65.8 Å². The monoisotopic (exact) mass is 1100 g/mol. The molecule has 6 nitrogen and oxygen atoms in total. The summed E-state index contributed by atoms with van der Waals surface area (Å²) in [4.78, 5) is 4.96. The Morgan fingerprint density at radius 1 is 0.549 bits per heavy atom. The predicted octanol–water partition coefficient (Wildman–Crippen LogP) is 15.6. The second kappa shape index (κ2) is 17.6. The van der Waals surface area contributed by atoms with Gasteiger partial charge in [-0.15, -0.1) is 17.5 Å². The van der Waals surface area contributed by atoms with Crippen molar-refractivity contribution in [3.8, 4) is 45.1 Å². The van der Waals surface area contributed by atoms with Gasteiger partial charge in [-0.3, -0.25) is 9.13 Å². The number of aromatic nitrogens is 5. The fourth-order valence-electron chi connectivity index (χ4n) is 9.77. The van der Waals surface area contributed by atoms with Crippen LogP contribution in [0.5, 0.6) is 0 Å². The first-order valence-corrected chi connectivity index (χ1v) is 23.1. The number of nitrogens with zero attached hydrogens (tertiary/aromatic N) is 5. The van der Waals surface area contributed by atoms with Crippen molar-refractivity contribution in [1.29, 1.82) is 0 Å². The minimum absolute atomic E-state index is 0. The molecule has 342 valence electrons. The number of rotatable bonds is 6. The van der Waals surface area contributed by atoms with Crippen LogP contribution in [0.25, 0.3) is 111 Å². The molecule has 0 atom stereocenters. The quantitative estimate of drug-likeness (QED) is 0.123. The first-order chi connectivity index (χ1) is 38.1. The van der Waals surface area contributed by atoms with Crippen LogP contribution in [-0.2, 0) is 26.5 Å². The van der Waals surface area contributed by atoms with Crippen LogP contribution in [0.3, 0.4) is 0 Å². The van der Waals surface area contributed by atoms with Gasteiger partial charge < -0.3 is 13.6 Å². The van der Waals surface area contributed by atoms with Crippen molar-refractivity contribution in [2.75, 3.05) is 0 Å². The summed E-state index contributed by atoms with van der Waals surface area (Å²) < 4.78 is 94.1. The number of hydrogen-bond donors (Lipinski definition) is 0. The zero-order chi connectivity index (χ0) is 54.8. The van der Waals surface area contributed by atoms with Crippen LogP contribution in [0.2, 0.25) is 0 Å². The van der Waals surface area contributed by atoms with Crippen LogP contribution in [0.4, 0.5) is 0 Å². The molecule has 4 aromatic heterocycles. The molecule has 0 amide bonds. The maximum Gasteiger partial charge on any atom is 2.00 e. The molecule has 0 spiro atoms. The summed E-state index contributed by atoms with van der Waals surface area (Å²) in [5.41, 5.74) is 9.24. The molecular formula is C64H46N5OPt+. The van der Waals surface area contributed by atoms with E-state index in [9.17, 15) is 2.74 Å². The molecule has 0 unspecified atom stereocenters. The molecule has 0 fully saturated rings. The van der Waals surface area contributed by atoms with Crippen LogP contribution in [0, 0.1) is 12.4 Å². The van der Waals surface area contributed by atoms with Crippen molar-refractivity contribution in [3.63, 3.8) is 0 Å². The second-order valence-corrected chi connectivity index (χ2v) is 18.3. The van der Waals surface area contributed by atoms with Gasteiger partial charge in [0.25, 0.3) is 6.33 Å². The smallest absolute Gasteiger partial charge is 0.455 e. The largest absolute Gasteiger partial charge is 2.00 e. The fraction of sp³-hybridized carbons (Fsp3) is 0.0625. The Morgan fingerprint density at radius 2 is 1.21 bits per heavy atom. The SMILES string of the molecule is [2H]c1cc(-c2cccc(-c3c([2H])c([2H])c([2H])c([2H])c3[2H])c2-[n+]2[c-]n(-c3ccc4c5ccccc5oc5ccccc5n(-c5[c-]c6c(cc5)c5ccccc5n6-c5cc(C(C)(C)C)ccn5)c4c3)c3ccccc32)c([2H])c([2H])c1[2H].[Pt+2]. The first-order valence-electron chi connectivity index (χ1n) is 27.6. The summed E-state index contributed by atoms with van der Waals surface area (Å²) >= 11 is 0. The third-order valence-corrected chi connectivity index (χ3v) is 13.1. The Balaban J connectivity index is 0.00000637. The molecule has 0 saturated heterocycles. The number of benzene rings is 9. The minimum atomic E-state index is -0.544. The average molecular weight is 1110 g/mol. The summed E-state index contributed by atoms with van der Waals surface area (Å²) in [7, 11) is 0. The number of pyridine rings is 1. The molecule has 13 rings (SSSR count). The van der Waals surface area contributed by atoms with Crippen molar-refractivity contribution < 1.29 is 42.4 Å². The summed E-state index contributed by atoms with van der Waals surface area (Å²) in [6, 6.07) is 52.8. The van der Waals surface area contributed by atoms with Crippen LogP contribution >= 0.6 is 0 Å². The predicted molar refractivity (Wildman–Crippen MR) is 286 cm³/mol. The normalized spacial score (nSPS) is 13.5. The Morgan fingerprint density at radius 3 is 2.03 bits per heavy atom. The molecule has 4 heterocycles. The molecule has 0 radical (unpaired) electrons. The number of hydrogen-bond acceptors (Lipinski definition) is 2. The van der Waals surface area contributed by atoms with Gasteiger partial charge >= 0.3 is 21.1 Å². The van der Waals surface area contributed by atoms with Gasteiger partial charge in [0, 0.05) is 28.0 Å². The van der Waals surface area contributed by atoms with Crippen LogP contribution in [0.15, 0.2) is 229 Å². The molecule has 0 aliphatic rings. The molecule has 0 saturated carbocycles. The zero-order valence-corrected chi connectivity index (χ0v) is 40.9. The fourth-order valence-corrected chi connectivity index (χ4v) is 9.77. The molecule has 0 N–H and O–H groups in total. The topological polar surface area (TPSA) is 44.7 Å². The van der Waals surface area contributed by atoms with Crippen molar-refractivity contribution in [2.45, 2.75) is 26.2 Å². The van der Waals surface area contributed by atoms with Gasteiger partial charge in [-0.1, -0.05) is 189 Å². The molecule has 0 aliphatic heterocycles. The number of imidazole rings is 1. The van der Waals surface area contributed by atoms with E-state index in [1.165, 1.54) is 6.07 Å². The van der Waals surface area contributed by atoms with Crippen molar-refractivity contribution in [3.05, 3.63) is 242 Å². The molecule has 0 aliphatic carbocycles. The van der Waals surface area contributed by atoms with E-state index in [4.69, 9.17) is 19.0 Å². The minimum Gasteiger partial charge on any atom is -0.455 e. The van der Waals surface area contributed by atoms with Gasteiger partial charge in [-0.25, -0.2) is 4.98 Å². The average Bonchev–Trinajstić information content (AvgIpc) is 4.18. The van der Waals surface area contributed by atoms with Crippen LogP contribution in [-0.4, -0.2) is 18.7 Å². The molecule has 71 heavy (non-hydrogen) atoms. The van der Waals surface area contributed by atoms with E-state index < -0.39 is 42.3 Å². The van der Waals surface area contributed by atoms with Gasteiger partial charge in [0.05, 0.1) is 40.3 Å². The Labute approximate surface area is 438 Å². The molecule has 13 aromatic rings. The molecule has 7 heteroatoms. The van der Waals surface area contributed by atoms with Gasteiger partial charge in [-0.05, 0) is 87.1 Å². The third-order valence-electron chi connectivity index (χ3n) is 13.1. The first kappa shape index (κ1) is 34.9. The number of para-hydroxylation sites is 7. The Bertz CT molecular complexity index is 4770. The summed E-state index contributed by atoms with van der Waals surface area (Å²) in [6.45, 7) is 6.58. The van der Waals surface area contributed by atoms with E-state index in [0.29, 0.717) is 33.5 Å². The van der Waals surface area contributed by atoms with Crippen LogP contribution < -0.4 is 4.57 Å². The maximum atomic E-state index is 9.18. The van der Waals surface area contributed by atoms with Gasteiger partial charge in [0.15, 0.2) is 5.58 Å². The van der Waals surface area contributed by atoms with Crippen molar-refractivity contribution in [1.82, 2.24) is 18.7 Å². The second-order valence-electron chi connectivity index (χ2n) is 18.3. The standard InChI is InChI=1S/C64H46N5O.Pt/c1-64(2,3)45-37-38-65-62(39-45)69-54-27-12-10-23-50(54)51-36-34-47(41-59(51)69)68-57-30-15-17-32-61(57)70-60-31-16-11-24-53(60)52-35-33-46(40-58(52)68)66-42-67(56-29-14-13-28-55(56)66)63-48(43-19-6-4-7-20-43)25-18-26-49(63)44-21-8-5-9-22-44;/h4-40H,1-3H3;/q-1;+2/i4D,5D,6D,7D,8D,9D,19D,20D,21D;. The Kier molecular flexibility index (Phi) is 8.64. The van der Waals surface area contributed by atoms with Crippen molar-refractivity contribution in [2.24, 2.45) is 0 Å². The summed E-state index contributed by atoms with van der Waals surface area (Å²) in [5, 5.41) is 3.77. The molecular weight excluding hydrogens is 1050 g/mol. The van der Waals surface area contributed by atoms with E-state index in [1.54, 1.807) is 22.8 Å². The van der Waals surface area contributed by atoms with Gasteiger partial charge in [-0.2, -0.15) is 6.07 Å². The van der Waals surface area contributed by atoms with E-state index >= 15 is 0 Å². The van der Waals surface area contributed by atoms with Gasteiger partial charge in [0.2, 0.25) is 0 Å².